The first-order valence-corrected chi connectivity index (χ1v) is 8.14. The Morgan fingerprint density at radius 3 is 2.75 bits per heavy atom. The van der Waals surface area contributed by atoms with Crippen LogP contribution in [0.15, 0.2) is 16.6 Å². The minimum atomic E-state index is -0.425. The molecule has 0 radical (unpaired) electrons. The van der Waals surface area contributed by atoms with Gasteiger partial charge in [0.1, 0.15) is 11.6 Å². The van der Waals surface area contributed by atoms with Crippen molar-refractivity contribution in [1.82, 2.24) is 5.32 Å². The Morgan fingerprint density at radius 2 is 2.05 bits per heavy atom. The van der Waals surface area contributed by atoms with E-state index in [1.54, 1.807) is 0 Å². The molecule has 0 spiro atoms. The second-order valence-corrected chi connectivity index (χ2v) is 6.96. The van der Waals surface area contributed by atoms with E-state index < -0.39 is 11.6 Å². The molecule has 1 nitrogen and oxygen atoms in total. The van der Waals surface area contributed by atoms with Crippen molar-refractivity contribution in [3.05, 3.63) is 33.8 Å². The predicted octanol–water partition coefficient (Wildman–Crippen LogP) is 4.86. The van der Waals surface area contributed by atoms with Crippen LogP contribution in [0.2, 0.25) is 0 Å². The van der Waals surface area contributed by atoms with Crippen molar-refractivity contribution in [3.63, 3.8) is 0 Å². The maximum absolute atomic E-state index is 14.2. The molecule has 4 heteroatoms. The van der Waals surface area contributed by atoms with Crippen LogP contribution >= 0.6 is 15.9 Å². The van der Waals surface area contributed by atoms with E-state index in [-0.39, 0.29) is 11.5 Å². The Morgan fingerprint density at radius 1 is 1.30 bits per heavy atom. The quantitative estimate of drug-likeness (QED) is 0.751. The molecule has 1 aromatic carbocycles. The topological polar surface area (TPSA) is 12.0 Å². The fraction of sp³-hybridized carbons (Fsp3) is 0.625. The average molecular weight is 346 g/mol. The minimum Gasteiger partial charge on any atom is -0.316 e. The lowest BCUT2D eigenvalue weighted by Gasteiger charge is -2.22. The first kappa shape index (κ1) is 15.9. The molecule has 1 aliphatic rings. The largest absolute Gasteiger partial charge is 0.316 e. The van der Waals surface area contributed by atoms with Gasteiger partial charge in [-0.05, 0) is 71.7 Å². The van der Waals surface area contributed by atoms with Crippen molar-refractivity contribution >= 4 is 15.9 Å². The van der Waals surface area contributed by atoms with E-state index in [4.69, 9.17) is 0 Å². The zero-order chi connectivity index (χ0) is 14.7. The Kier molecular flexibility index (Phi) is 5.56. The van der Waals surface area contributed by atoms with Gasteiger partial charge in [0.05, 0.1) is 4.47 Å². The third-order valence-electron chi connectivity index (χ3n) is 4.07. The van der Waals surface area contributed by atoms with Crippen molar-refractivity contribution in [3.8, 4) is 0 Å². The molecule has 0 aliphatic heterocycles. The van der Waals surface area contributed by atoms with Crippen molar-refractivity contribution < 1.29 is 8.78 Å². The fourth-order valence-electron chi connectivity index (χ4n) is 3.10. The molecule has 0 saturated heterocycles. The molecule has 20 heavy (non-hydrogen) atoms. The van der Waals surface area contributed by atoms with Crippen LogP contribution in [0.3, 0.4) is 0 Å². The summed E-state index contributed by atoms with van der Waals surface area (Å²) in [6.07, 6.45) is 2.96. The van der Waals surface area contributed by atoms with Crippen LogP contribution in [0.25, 0.3) is 0 Å². The zero-order valence-corrected chi connectivity index (χ0v) is 13.6. The smallest absolute Gasteiger partial charge is 0.143 e. The lowest BCUT2D eigenvalue weighted by Crippen LogP contribution is -2.28. The van der Waals surface area contributed by atoms with Gasteiger partial charge < -0.3 is 5.32 Å². The maximum Gasteiger partial charge on any atom is 0.143 e. The van der Waals surface area contributed by atoms with Crippen molar-refractivity contribution in [2.45, 2.75) is 39.0 Å². The van der Waals surface area contributed by atoms with Crippen molar-refractivity contribution in [2.24, 2.45) is 11.8 Å². The monoisotopic (exact) mass is 345 g/mol. The molecule has 2 atom stereocenters. The standard InChI is InChI=1S/C16H22BrF2N/c1-10(2)8-20-9-11-4-3-5-12(11)15-14(18)7-6-13(17)16(15)19/h6-7,10-12,20H,3-5,8-9H2,1-2H3. The molecule has 0 heterocycles. The molecule has 1 N–H and O–H groups in total. The molecular formula is C16H22BrF2N. The van der Waals surface area contributed by atoms with Crippen molar-refractivity contribution in [2.75, 3.05) is 13.1 Å². The van der Waals surface area contributed by atoms with E-state index in [0.29, 0.717) is 16.3 Å². The Labute approximate surface area is 128 Å². The summed E-state index contributed by atoms with van der Waals surface area (Å²) in [5.74, 6) is 0.0747. The number of hydrogen-bond acceptors (Lipinski definition) is 1. The lowest BCUT2D eigenvalue weighted by atomic mass is 9.88. The van der Waals surface area contributed by atoms with Crippen LogP contribution in [0.5, 0.6) is 0 Å². The van der Waals surface area contributed by atoms with Gasteiger partial charge in [-0.15, -0.1) is 0 Å². The van der Waals surface area contributed by atoms with Crippen LogP contribution in [0.4, 0.5) is 8.78 Å². The number of rotatable bonds is 5. The second-order valence-electron chi connectivity index (χ2n) is 6.11. The highest BCUT2D eigenvalue weighted by Gasteiger charge is 2.32. The number of hydrogen-bond donors (Lipinski definition) is 1. The number of benzene rings is 1. The van der Waals surface area contributed by atoms with E-state index in [0.717, 1.165) is 32.4 Å². The van der Waals surface area contributed by atoms with Crippen molar-refractivity contribution in [1.29, 1.82) is 0 Å². The van der Waals surface area contributed by atoms with E-state index in [2.05, 4.69) is 35.1 Å². The summed E-state index contributed by atoms with van der Waals surface area (Å²) in [5, 5.41) is 3.42. The first-order valence-electron chi connectivity index (χ1n) is 7.34. The van der Waals surface area contributed by atoms with Gasteiger partial charge in [-0.2, -0.15) is 0 Å². The van der Waals surface area contributed by atoms with Gasteiger partial charge in [-0.1, -0.05) is 20.3 Å². The van der Waals surface area contributed by atoms with Gasteiger partial charge in [-0.3, -0.25) is 0 Å². The van der Waals surface area contributed by atoms with E-state index >= 15 is 0 Å². The molecule has 0 amide bonds. The van der Waals surface area contributed by atoms with E-state index in [1.165, 1.54) is 12.1 Å². The zero-order valence-electron chi connectivity index (χ0n) is 12.1. The summed E-state index contributed by atoms with van der Waals surface area (Å²) in [5.41, 5.74) is 0.272. The molecule has 0 bridgehead atoms. The van der Waals surface area contributed by atoms with E-state index in [1.807, 2.05) is 0 Å². The number of nitrogens with one attached hydrogen (secondary N) is 1. The predicted molar refractivity (Wildman–Crippen MR) is 81.8 cm³/mol. The molecule has 112 valence electrons. The average Bonchev–Trinajstić information content (AvgIpc) is 2.82. The molecule has 0 aromatic heterocycles. The highest BCUT2D eigenvalue weighted by atomic mass is 79.9. The SMILES string of the molecule is CC(C)CNCC1CCCC1c1c(F)ccc(Br)c1F. The normalized spacial score (nSPS) is 22.7. The second kappa shape index (κ2) is 6.99. The number of halogens is 3. The molecule has 1 saturated carbocycles. The van der Waals surface area contributed by atoms with Gasteiger partial charge in [0.25, 0.3) is 0 Å². The third kappa shape index (κ3) is 3.59. The third-order valence-corrected chi connectivity index (χ3v) is 4.68. The molecule has 2 unspecified atom stereocenters. The Balaban J connectivity index is 2.13. The van der Waals surface area contributed by atoms with E-state index in [9.17, 15) is 8.78 Å². The summed E-state index contributed by atoms with van der Waals surface area (Å²) in [6.45, 7) is 6.11. The Hall–Kier alpha value is -0.480. The first-order chi connectivity index (χ1) is 9.50. The molecular weight excluding hydrogens is 324 g/mol. The minimum absolute atomic E-state index is 0.00726. The van der Waals surface area contributed by atoms with Gasteiger partial charge in [0.15, 0.2) is 0 Å². The maximum atomic E-state index is 14.2. The molecule has 2 rings (SSSR count). The van der Waals surface area contributed by atoms with Crippen LogP contribution in [0.1, 0.15) is 44.6 Å². The molecule has 1 aromatic rings. The van der Waals surface area contributed by atoms with Gasteiger partial charge in [-0.25, -0.2) is 8.78 Å². The van der Waals surface area contributed by atoms with Gasteiger partial charge in [0, 0.05) is 5.56 Å². The highest BCUT2D eigenvalue weighted by molar-refractivity contribution is 9.10. The lowest BCUT2D eigenvalue weighted by molar-refractivity contribution is 0.404. The summed E-state index contributed by atoms with van der Waals surface area (Å²) in [6, 6.07) is 2.80. The highest BCUT2D eigenvalue weighted by Crippen LogP contribution is 2.42. The summed E-state index contributed by atoms with van der Waals surface area (Å²) in [7, 11) is 0. The molecule has 1 fully saturated rings. The summed E-state index contributed by atoms with van der Waals surface area (Å²) >= 11 is 3.16. The van der Waals surface area contributed by atoms with Crippen LogP contribution in [-0.4, -0.2) is 13.1 Å². The molecule has 1 aliphatic carbocycles. The van der Waals surface area contributed by atoms with Crippen LogP contribution in [0, 0.1) is 23.5 Å². The van der Waals surface area contributed by atoms with Gasteiger partial charge >= 0.3 is 0 Å². The van der Waals surface area contributed by atoms with Crippen LogP contribution in [-0.2, 0) is 0 Å². The summed E-state index contributed by atoms with van der Waals surface area (Å²) in [4.78, 5) is 0. The summed E-state index contributed by atoms with van der Waals surface area (Å²) < 4.78 is 28.6. The van der Waals surface area contributed by atoms with Crippen LogP contribution < -0.4 is 5.32 Å². The fourth-order valence-corrected chi connectivity index (χ4v) is 3.45. The Bertz CT molecular complexity index is 462. The van der Waals surface area contributed by atoms with Gasteiger partial charge in [0.2, 0.25) is 0 Å².